The lowest BCUT2D eigenvalue weighted by molar-refractivity contribution is 0.235. The van der Waals surface area contributed by atoms with E-state index in [2.05, 4.69) is 63.9 Å². The Morgan fingerprint density at radius 2 is 2.11 bits per heavy atom. The molecule has 2 aliphatic rings. The van der Waals surface area contributed by atoms with E-state index in [1.807, 2.05) is 19.2 Å². The van der Waals surface area contributed by atoms with Gasteiger partial charge in [-0.15, -0.1) is 0 Å². The van der Waals surface area contributed by atoms with Crippen molar-refractivity contribution in [2.24, 2.45) is 0 Å². The van der Waals surface area contributed by atoms with Crippen molar-refractivity contribution in [3.63, 3.8) is 0 Å². The van der Waals surface area contributed by atoms with Crippen LogP contribution in [0.4, 0.5) is 16.3 Å². The van der Waals surface area contributed by atoms with E-state index in [0.717, 1.165) is 71.8 Å². The second-order valence-corrected chi connectivity index (χ2v) is 9.21. The third kappa shape index (κ3) is 4.16. The zero-order chi connectivity index (χ0) is 23.8. The van der Waals surface area contributed by atoms with Crippen molar-refractivity contribution in [3.8, 4) is 0 Å². The van der Waals surface area contributed by atoms with Gasteiger partial charge in [0.05, 0.1) is 11.6 Å². The number of aromatic amines is 1. The molecular weight excluding hydrogens is 442 g/mol. The highest BCUT2D eigenvalue weighted by atomic mass is 16.2. The number of para-hydroxylation sites is 1. The number of amides is 2. The van der Waals surface area contributed by atoms with E-state index < -0.39 is 0 Å². The summed E-state index contributed by atoms with van der Waals surface area (Å²) in [7, 11) is 0. The maximum atomic E-state index is 12.6. The Morgan fingerprint density at radius 1 is 1.20 bits per heavy atom. The summed E-state index contributed by atoms with van der Waals surface area (Å²) >= 11 is 0. The highest BCUT2D eigenvalue weighted by Crippen LogP contribution is 2.42. The van der Waals surface area contributed by atoms with Crippen LogP contribution in [0.5, 0.6) is 0 Å². The van der Waals surface area contributed by atoms with Crippen molar-refractivity contribution in [2.45, 2.75) is 44.6 Å². The molecule has 4 aromatic rings. The van der Waals surface area contributed by atoms with Crippen LogP contribution in [0.1, 0.15) is 41.4 Å². The minimum Gasteiger partial charge on any atom is -0.338 e. The highest BCUT2D eigenvalue weighted by molar-refractivity contribution is 5.90. The molecule has 10 nitrogen and oxygen atoms in total. The maximum Gasteiger partial charge on any atom is 0.315 e. The van der Waals surface area contributed by atoms with Gasteiger partial charge in [-0.1, -0.05) is 18.2 Å². The summed E-state index contributed by atoms with van der Waals surface area (Å²) in [4.78, 5) is 32.5. The Hall–Kier alpha value is -4.08. The molecule has 3 aromatic heterocycles. The normalized spacial score (nSPS) is 18.8. The fourth-order valence-corrected chi connectivity index (χ4v) is 5.24. The second kappa shape index (κ2) is 8.94. The van der Waals surface area contributed by atoms with Crippen molar-refractivity contribution < 1.29 is 4.79 Å². The number of nitrogens with one attached hydrogen (secondary N) is 3. The van der Waals surface area contributed by atoms with Gasteiger partial charge in [0, 0.05) is 42.6 Å². The lowest BCUT2D eigenvalue weighted by Crippen LogP contribution is -2.45. The summed E-state index contributed by atoms with van der Waals surface area (Å²) < 4.78 is 0. The number of carbonyl (C=O) groups is 1. The molecule has 6 rings (SSSR count). The number of urea groups is 1. The Morgan fingerprint density at radius 3 is 3.06 bits per heavy atom. The van der Waals surface area contributed by atoms with Gasteiger partial charge in [0.1, 0.15) is 18.0 Å². The SMILES string of the molecule is Cc1ncc2c(n1)CCC(NC(=O)NCCC1CN(c3ncnc4[nH]ncc34)c3ccccc31)C2. The van der Waals surface area contributed by atoms with Crippen LogP contribution in [0.25, 0.3) is 11.0 Å². The number of H-pyrrole nitrogens is 1. The van der Waals surface area contributed by atoms with Gasteiger partial charge in [-0.2, -0.15) is 5.10 Å². The lowest BCUT2D eigenvalue weighted by atomic mass is 9.93. The first-order chi connectivity index (χ1) is 17.2. The van der Waals surface area contributed by atoms with Gasteiger partial charge in [-0.3, -0.25) is 5.10 Å². The van der Waals surface area contributed by atoms with Gasteiger partial charge < -0.3 is 15.5 Å². The molecule has 35 heavy (non-hydrogen) atoms. The summed E-state index contributed by atoms with van der Waals surface area (Å²) in [6.07, 6.45) is 8.59. The van der Waals surface area contributed by atoms with Crippen LogP contribution in [-0.4, -0.2) is 55.3 Å². The Balaban J connectivity index is 1.08. The average Bonchev–Trinajstić information content (AvgIpc) is 3.49. The number of hydrogen-bond donors (Lipinski definition) is 3. The van der Waals surface area contributed by atoms with Crippen LogP contribution in [-0.2, 0) is 12.8 Å². The van der Waals surface area contributed by atoms with Crippen LogP contribution in [0.15, 0.2) is 43.0 Å². The van der Waals surface area contributed by atoms with Crippen LogP contribution >= 0.6 is 0 Å². The first-order valence-electron chi connectivity index (χ1n) is 12.0. The van der Waals surface area contributed by atoms with Crippen LogP contribution in [0.2, 0.25) is 0 Å². The molecule has 4 heterocycles. The minimum absolute atomic E-state index is 0.103. The van der Waals surface area contributed by atoms with E-state index in [1.54, 1.807) is 12.5 Å². The van der Waals surface area contributed by atoms with E-state index in [4.69, 9.17) is 0 Å². The number of rotatable bonds is 5. The minimum atomic E-state index is -0.120. The Labute approximate surface area is 202 Å². The number of aryl methyl sites for hydroxylation is 2. The lowest BCUT2D eigenvalue weighted by Gasteiger charge is -2.25. The molecule has 2 amide bonds. The molecule has 0 bridgehead atoms. The van der Waals surface area contributed by atoms with Crippen LogP contribution in [0.3, 0.4) is 0 Å². The Kier molecular flexibility index (Phi) is 5.48. The van der Waals surface area contributed by atoms with E-state index in [9.17, 15) is 4.79 Å². The summed E-state index contributed by atoms with van der Waals surface area (Å²) in [6, 6.07) is 8.38. The van der Waals surface area contributed by atoms with Crippen molar-refractivity contribution in [1.29, 1.82) is 0 Å². The van der Waals surface area contributed by atoms with Gasteiger partial charge in [0.2, 0.25) is 0 Å². The fourth-order valence-electron chi connectivity index (χ4n) is 5.24. The number of benzene rings is 1. The number of aromatic nitrogens is 6. The van der Waals surface area contributed by atoms with Crippen molar-refractivity contribution in [2.75, 3.05) is 18.0 Å². The molecule has 1 aliphatic heterocycles. The first-order valence-corrected chi connectivity index (χ1v) is 12.0. The van der Waals surface area contributed by atoms with Gasteiger partial charge in [0.15, 0.2) is 5.65 Å². The molecule has 0 spiro atoms. The molecule has 178 valence electrons. The number of nitrogens with zero attached hydrogens (tertiary/aromatic N) is 6. The van der Waals surface area contributed by atoms with Gasteiger partial charge in [-0.25, -0.2) is 24.7 Å². The fraction of sp³-hybridized carbons (Fsp3) is 0.360. The molecule has 2 atom stereocenters. The molecule has 0 radical (unpaired) electrons. The maximum absolute atomic E-state index is 12.6. The smallest absolute Gasteiger partial charge is 0.315 e. The van der Waals surface area contributed by atoms with Crippen molar-refractivity contribution in [3.05, 3.63) is 65.6 Å². The summed E-state index contributed by atoms with van der Waals surface area (Å²) in [5, 5.41) is 14.1. The third-order valence-corrected chi connectivity index (χ3v) is 6.94. The number of hydrogen-bond acceptors (Lipinski definition) is 7. The van der Waals surface area contributed by atoms with Crippen molar-refractivity contribution in [1.82, 2.24) is 40.8 Å². The predicted molar refractivity (Wildman–Crippen MR) is 132 cm³/mol. The summed E-state index contributed by atoms with van der Waals surface area (Å²) in [5.74, 6) is 1.93. The van der Waals surface area contributed by atoms with E-state index in [-0.39, 0.29) is 18.0 Å². The molecule has 1 aromatic carbocycles. The second-order valence-electron chi connectivity index (χ2n) is 9.21. The Bertz CT molecular complexity index is 1380. The van der Waals surface area contributed by atoms with Crippen molar-refractivity contribution >= 4 is 28.6 Å². The molecule has 0 saturated carbocycles. The monoisotopic (exact) mass is 469 g/mol. The molecule has 2 unspecified atom stereocenters. The largest absolute Gasteiger partial charge is 0.338 e. The van der Waals surface area contributed by atoms with E-state index in [0.29, 0.717) is 6.54 Å². The van der Waals surface area contributed by atoms with Crippen LogP contribution in [0, 0.1) is 6.92 Å². The average molecular weight is 470 g/mol. The molecule has 1 aliphatic carbocycles. The number of fused-ring (bicyclic) bond motifs is 3. The van der Waals surface area contributed by atoms with E-state index >= 15 is 0 Å². The topological polar surface area (TPSA) is 125 Å². The van der Waals surface area contributed by atoms with Crippen LogP contribution < -0.4 is 15.5 Å². The zero-order valence-corrected chi connectivity index (χ0v) is 19.5. The molecule has 3 N–H and O–H groups in total. The first kappa shape index (κ1) is 21.5. The van der Waals surface area contributed by atoms with Gasteiger partial charge in [-0.05, 0) is 49.8 Å². The van der Waals surface area contributed by atoms with Gasteiger partial charge in [0.25, 0.3) is 0 Å². The van der Waals surface area contributed by atoms with Gasteiger partial charge >= 0.3 is 6.03 Å². The predicted octanol–water partition coefficient (Wildman–Crippen LogP) is 2.93. The zero-order valence-electron chi connectivity index (χ0n) is 19.5. The number of anilines is 2. The molecule has 10 heteroatoms. The summed E-state index contributed by atoms with van der Waals surface area (Å²) in [5.41, 5.74) is 5.37. The molecule has 0 fully saturated rings. The quantitative estimate of drug-likeness (QED) is 0.410. The molecular formula is C25H27N9O. The number of carbonyl (C=O) groups excluding carboxylic acids is 1. The summed E-state index contributed by atoms with van der Waals surface area (Å²) in [6.45, 7) is 3.29. The third-order valence-electron chi connectivity index (χ3n) is 6.94. The van der Waals surface area contributed by atoms with E-state index in [1.165, 1.54) is 5.56 Å². The highest BCUT2D eigenvalue weighted by Gasteiger charge is 2.31. The standard InChI is InChI=1S/C25H27N9O/c1-15-27-11-17-10-18(6-7-21(17)31-15)32-25(35)26-9-8-16-13-34(22-5-3-2-4-19(16)22)24-20-12-30-33-23(20)28-14-29-24/h2-5,11-12,14,16,18H,6-10,13H2,1H3,(H2,26,32,35)(H,28,29,30,33). The molecule has 0 saturated heterocycles.